The number of benzene rings is 3. The van der Waals surface area contributed by atoms with Crippen molar-refractivity contribution < 1.29 is 17.6 Å². The van der Waals surface area contributed by atoms with E-state index in [0.29, 0.717) is 10.5 Å². The highest BCUT2D eigenvalue weighted by Crippen LogP contribution is 2.36. The fraction of sp³-hybridized carbons (Fsp3) is 0.0870. The fourth-order valence-corrected chi connectivity index (χ4v) is 3.45. The zero-order valence-electron chi connectivity index (χ0n) is 15.5. The smallest absolute Gasteiger partial charge is 0.257 e. The summed E-state index contributed by atoms with van der Waals surface area (Å²) in [5.74, 6) is -0.351. The Morgan fingerprint density at radius 1 is 0.931 bits per heavy atom. The highest BCUT2D eigenvalue weighted by atomic mass is 32.2. The molecule has 0 saturated heterocycles. The summed E-state index contributed by atoms with van der Waals surface area (Å²) in [7, 11) is 0. The number of allylic oxidation sites excluding steroid dienone is 1. The lowest BCUT2D eigenvalue weighted by molar-refractivity contribution is -0.137. The van der Waals surface area contributed by atoms with Gasteiger partial charge in [0, 0.05) is 16.0 Å². The van der Waals surface area contributed by atoms with Crippen molar-refractivity contribution >= 4 is 28.6 Å². The van der Waals surface area contributed by atoms with Gasteiger partial charge in [0.2, 0.25) is 0 Å². The van der Waals surface area contributed by atoms with Gasteiger partial charge in [0.25, 0.3) is 0 Å². The summed E-state index contributed by atoms with van der Waals surface area (Å²) in [4.78, 5) is 5.85. The molecule has 29 heavy (non-hydrogen) atoms. The Morgan fingerprint density at radius 2 is 1.62 bits per heavy atom. The van der Waals surface area contributed by atoms with Crippen LogP contribution < -0.4 is 0 Å². The maximum atomic E-state index is 13.2. The molecule has 0 amide bonds. The first kappa shape index (κ1) is 20.9. The van der Waals surface area contributed by atoms with Gasteiger partial charge in [0.1, 0.15) is 5.82 Å². The van der Waals surface area contributed by atoms with Crippen LogP contribution in [0.3, 0.4) is 0 Å². The highest BCUT2D eigenvalue weighted by molar-refractivity contribution is 8.08. The molecule has 0 aliphatic carbocycles. The van der Waals surface area contributed by atoms with E-state index in [1.165, 1.54) is 36.0 Å². The highest BCUT2D eigenvalue weighted by Gasteiger charge is 2.30. The van der Waals surface area contributed by atoms with Crippen LogP contribution in [0.2, 0.25) is 0 Å². The number of rotatable bonds is 5. The molecule has 0 aromatic heterocycles. The summed E-state index contributed by atoms with van der Waals surface area (Å²) in [5, 5.41) is 0. The van der Waals surface area contributed by atoms with Crippen molar-refractivity contribution in [2.45, 2.75) is 18.0 Å². The molecule has 3 aromatic carbocycles. The maximum Gasteiger partial charge on any atom is 0.416 e. The van der Waals surface area contributed by atoms with Crippen LogP contribution in [0.15, 0.2) is 88.8 Å². The van der Waals surface area contributed by atoms with Gasteiger partial charge in [-0.3, -0.25) is 4.99 Å². The third-order valence-electron chi connectivity index (χ3n) is 3.99. The van der Waals surface area contributed by atoms with Gasteiger partial charge < -0.3 is 0 Å². The first-order chi connectivity index (χ1) is 13.8. The molecule has 0 spiro atoms. The summed E-state index contributed by atoms with van der Waals surface area (Å²) in [6, 6.07) is 18.5. The number of thioether (sulfide) groups is 1. The van der Waals surface area contributed by atoms with Crippen LogP contribution in [-0.4, -0.2) is 6.21 Å². The number of hydrogen-bond donors (Lipinski definition) is 0. The lowest BCUT2D eigenvalue weighted by Crippen LogP contribution is -2.04. The molecular weight excluding hydrogens is 398 g/mol. The normalized spacial score (nSPS) is 12.5. The molecular formula is C23H17F4NS. The van der Waals surface area contributed by atoms with Crippen LogP contribution in [0.5, 0.6) is 0 Å². The number of aryl methyl sites for hydroxylation is 1. The molecule has 3 rings (SSSR count). The van der Waals surface area contributed by atoms with Gasteiger partial charge in [-0.2, -0.15) is 13.2 Å². The molecule has 0 atom stereocenters. The van der Waals surface area contributed by atoms with Crippen LogP contribution in [0.25, 0.3) is 4.91 Å². The first-order valence-corrected chi connectivity index (χ1v) is 9.55. The van der Waals surface area contributed by atoms with Gasteiger partial charge >= 0.3 is 6.18 Å². The molecule has 148 valence electrons. The van der Waals surface area contributed by atoms with Crippen molar-refractivity contribution in [3.63, 3.8) is 0 Å². The molecule has 0 aliphatic rings. The van der Waals surface area contributed by atoms with E-state index in [1.54, 1.807) is 24.4 Å². The van der Waals surface area contributed by atoms with Crippen molar-refractivity contribution in [2.75, 3.05) is 0 Å². The van der Waals surface area contributed by atoms with E-state index >= 15 is 0 Å². The van der Waals surface area contributed by atoms with E-state index in [-0.39, 0.29) is 5.82 Å². The predicted octanol–water partition coefficient (Wildman–Crippen LogP) is 7.69. The number of aliphatic imine (C=N–C) groups is 1. The Morgan fingerprint density at radius 3 is 2.24 bits per heavy atom. The largest absolute Gasteiger partial charge is 0.416 e. The fourth-order valence-electron chi connectivity index (χ4n) is 2.54. The van der Waals surface area contributed by atoms with Gasteiger partial charge in [0.15, 0.2) is 0 Å². The third kappa shape index (κ3) is 6.06. The maximum absolute atomic E-state index is 13.2. The van der Waals surface area contributed by atoms with Crippen molar-refractivity contribution in [3.05, 3.63) is 101 Å². The third-order valence-corrected chi connectivity index (χ3v) is 5.09. The molecule has 1 nitrogen and oxygen atoms in total. The van der Waals surface area contributed by atoms with E-state index in [0.717, 1.165) is 28.3 Å². The van der Waals surface area contributed by atoms with Crippen molar-refractivity contribution in [1.29, 1.82) is 0 Å². The molecule has 6 heteroatoms. The van der Waals surface area contributed by atoms with Gasteiger partial charge in [-0.1, -0.05) is 36.0 Å². The monoisotopic (exact) mass is 415 g/mol. The molecule has 0 heterocycles. The summed E-state index contributed by atoms with van der Waals surface area (Å²) in [5.41, 5.74) is 1.76. The zero-order valence-corrected chi connectivity index (χ0v) is 16.3. The van der Waals surface area contributed by atoms with Crippen LogP contribution in [-0.2, 0) is 6.18 Å². The van der Waals surface area contributed by atoms with Gasteiger partial charge in [0.05, 0.1) is 11.3 Å². The van der Waals surface area contributed by atoms with Gasteiger partial charge in [-0.05, 0) is 72.7 Å². The number of hydrogen-bond acceptors (Lipinski definition) is 2. The molecule has 0 radical (unpaired) electrons. The van der Waals surface area contributed by atoms with E-state index < -0.39 is 11.7 Å². The standard InChI is InChI=1S/C23H17F4NS/c1-16-3-2-4-20(15-16)28-14-13-22(29-21-11-9-19(24)10-12-21)17-5-7-18(8-6-17)23(25,26)27/h2-15H,1H3. The average molecular weight is 415 g/mol. The van der Waals surface area contributed by atoms with Crippen molar-refractivity contribution in [2.24, 2.45) is 4.99 Å². The van der Waals surface area contributed by atoms with E-state index in [1.807, 2.05) is 31.2 Å². The lowest BCUT2D eigenvalue weighted by Gasteiger charge is -2.10. The van der Waals surface area contributed by atoms with Gasteiger partial charge in [-0.15, -0.1) is 0 Å². The average Bonchev–Trinajstić information content (AvgIpc) is 2.68. The molecule has 0 aliphatic heterocycles. The molecule has 0 N–H and O–H groups in total. The summed E-state index contributed by atoms with van der Waals surface area (Å²) in [6.45, 7) is 1.97. The predicted molar refractivity (Wildman–Crippen MR) is 111 cm³/mol. The summed E-state index contributed by atoms with van der Waals surface area (Å²) < 4.78 is 51.7. The van der Waals surface area contributed by atoms with E-state index in [2.05, 4.69) is 4.99 Å². The van der Waals surface area contributed by atoms with E-state index in [9.17, 15) is 17.6 Å². The minimum Gasteiger partial charge on any atom is -0.257 e. The Kier molecular flexibility index (Phi) is 6.54. The van der Waals surface area contributed by atoms with Gasteiger partial charge in [-0.25, -0.2) is 4.39 Å². The van der Waals surface area contributed by atoms with Crippen LogP contribution >= 0.6 is 11.8 Å². The molecule has 0 unspecified atom stereocenters. The quantitative estimate of drug-likeness (QED) is 0.236. The summed E-state index contributed by atoms with van der Waals surface area (Å²) >= 11 is 1.32. The second-order valence-corrected chi connectivity index (χ2v) is 7.39. The Balaban J connectivity index is 1.91. The Bertz CT molecular complexity index is 1020. The first-order valence-electron chi connectivity index (χ1n) is 8.73. The van der Waals surface area contributed by atoms with Crippen molar-refractivity contribution in [1.82, 2.24) is 0 Å². The second kappa shape index (κ2) is 9.09. The number of alkyl halides is 3. The molecule has 0 saturated carbocycles. The van der Waals surface area contributed by atoms with E-state index in [4.69, 9.17) is 0 Å². The Hall–Kier alpha value is -2.86. The SMILES string of the molecule is Cc1cccc(N=CC=C(Sc2ccc(F)cc2)c2ccc(C(F)(F)F)cc2)c1. The minimum atomic E-state index is -4.39. The Labute approximate surface area is 170 Å². The van der Waals surface area contributed by atoms with Crippen LogP contribution in [0.4, 0.5) is 23.2 Å². The lowest BCUT2D eigenvalue weighted by atomic mass is 10.1. The second-order valence-electron chi connectivity index (χ2n) is 6.28. The minimum absolute atomic E-state index is 0.351. The zero-order chi connectivity index (χ0) is 20.9. The molecule has 0 bridgehead atoms. The summed E-state index contributed by atoms with van der Waals surface area (Å²) in [6.07, 6.45) is -1.05. The number of halogens is 4. The molecule has 0 fully saturated rings. The van der Waals surface area contributed by atoms with Crippen molar-refractivity contribution in [3.8, 4) is 0 Å². The molecule has 3 aromatic rings. The van der Waals surface area contributed by atoms with Crippen LogP contribution in [0.1, 0.15) is 16.7 Å². The topological polar surface area (TPSA) is 12.4 Å². The number of nitrogens with zero attached hydrogens (tertiary/aromatic N) is 1. The van der Waals surface area contributed by atoms with Crippen LogP contribution in [0, 0.1) is 12.7 Å².